The van der Waals surface area contributed by atoms with Gasteiger partial charge in [-0.1, -0.05) is 6.07 Å². The number of carbonyl (C=O) groups excluding carboxylic acids is 1. The number of hydrogen-bond donors (Lipinski definition) is 0. The first kappa shape index (κ1) is 21.5. The van der Waals surface area contributed by atoms with Crippen molar-refractivity contribution in [1.82, 2.24) is 4.90 Å². The molecule has 33 heavy (non-hydrogen) atoms. The number of halogens is 1. The van der Waals surface area contributed by atoms with Crippen LogP contribution in [0.25, 0.3) is 11.0 Å². The Kier molecular flexibility index (Phi) is 5.54. The third-order valence-electron chi connectivity index (χ3n) is 6.27. The standard InChI is InChI=1S/C25H26FN3O4/c1-27(2)25(31)17-11-18(15-29-6-5-16-3-4-19(26)13-21(16)29)24-20(12-17)22(30)14-23(33-24)28-7-9-32-10-8-28/h3-4,11-14H,5-10,15H2,1-2H3. The van der Waals surface area contributed by atoms with E-state index in [0.29, 0.717) is 55.3 Å². The highest BCUT2D eigenvalue weighted by molar-refractivity contribution is 5.98. The fraction of sp³-hybridized carbons (Fsp3) is 0.360. The van der Waals surface area contributed by atoms with Crippen molar-refractivity contribution < 1.29 is 18.3 Å². The van der Waals surface area contributed by atoms with Crippen molar-refractivity contribution >= 4 is 28.4 Å². The first-order valence-corrected chi connectivity index (χ1v) is 11.1. The molecule has 1 amide bonds. The van der Waals surface area contributed by atoms with E-state index in [1.807, 2.05) is 11.0 Å². The van der Waals surface area contributed by atoms with Crippen LogP contribution in [0.4, 0.5) is 16.0 Å². The van der Waals surface area contributed by atoms with E-state index < -0.39 is 0 Å². The Labute approximate surface area is 190 Å². The van der Waals surface area contributed by atoms with Crippen molar-refractivity contribution in [2.45, 2.75) is 13.0 Å². The van der Waals surface area contributed by atoms with E-state index >= 15 is 0 Å². The van der Waals surface area contributed by atoms with Crippen molar-refractivity contribution in [1.29, 1.82) is 0 Å². The van der Waals surface area contributed by atoms with Crippen molar-refractivity contribution in [3.63, 3.8) is 0 Å². The SMILES string of the molecule is CN(C)C(=O)c1cc(CN2CCc3ccc(F)cc32)c2oc(N3CCOCC3)cc(=O)c2c1. The number of nitrogens with zero attached hydrogens (tertiary/aromatic N) is 3. The molecule has 172 valence electrons. The van der Waals surface area contributed by atoms with E-state index in [1.165, 1.54) is 23.1 Å². The van der Waals surface area contributed by atoms with Gasteiger partial charge >= 0.3 is 0 Å². The average Bonchev–Trinajstić information content (AvgIpc) is 3.21. The molecule has 8 heteroatoms. The highest BCUT2D eigenvalue weighted by Crippen LogP contribution is 2.32. The number of rotatable bonds is 4. The number of anilines is 2. The van der Waals surface area contributed by atoms with E-state index in [4.69, 9.17) is 9.15 Å². The Morgan fingerprint density at radius 2 is 1.88 bits per heavy atom. The number of hydrogen-bond acceptors (Lipinski definition) is 6. The van der Waals surface area contributed by atoms with Crippen LogP contribution in [0.15, 0.2) is 45.6 Å². The van der Waals surface area contributed by atoms with Crippen LogP contribution in [-0.2, 0) is 17.7 Å². The van der Waals surface area contributed by atoms with Crippen LogP contribution >= 0.6 is 0 Å². The first-order valence-electron chi connectivity index (χ1n) is 11.1. The van der Waals surface area contributed by atoms with Crippen molar-refractivity contribution in [3.05, 3.63) is 69.1 Å². The molecule has 0 bridgehead atoms. The molecule has 2 aromatic carbocycles. The lowest BCUT2D eigenvalue weighted by Crippen LogP contribution is -2.36. The minimum Gasteiger partial charge on any atom is -0.440 e. The fourth-order valence-electron chi connectivity index (χ4n) is 4.54. The Bertz CT molecular complexity index is 1280. The predicted octanol–water partition coefficient (Wildman–Crippen LogP) is 3.03. The number of fused-ring (bicyclic) bond motifs is 2. The average molecular weight is 451 g/mol. The lowest BCUT2D eigenvalue weighted by Gasteiger charge is -2.27. The lowest BCUT2D eigenvalue weighted by molar-refractivity contribution is 0.0827. The van der Waals surface area contributed by atoms with Gasteiger partial charge in [0.2, 0.25) is 0 Å². The van der Waals surface area contributed by atoms with Crippen LogP contribution in [0.3, 0.4) is 0 Å². The summed E-state index contributed by atoms with van der Waals surface area (Å²) in [7, 11) is 3.35. The highest BCUT2D eigenvalue weighted by Gasteiger charge is 2.24. The van der Waals surface area contributed by atoms with Gasteiger partial charge in [0, 0.05) is 63.2 Å². The van der Waals surface area contributed by atoms with Gasteiger partial charge in [-0.15, -0.1) is 0 Å². The normalized spacial score (nSPS) is 15.7. The van der Waals surface area contributed by atoms with Crippen LogP contribution in [0, 0.1) is 5.82 Å². The molecule has 0 spiro atoms. The molecule has 0 radical (unpaired) electrons. The quantitative estimate of drug-likeness (QED) is 0.608. The Morgan fingerprint density at radius 1 is 1.09 bits per heavy atom. The Hall–Kier alpha value is -3.39. The maximum atomic E-state index is 13.9. The zero-order valence-corrected chi connectivity index (χ0v) is 18.8. The smallest absolute Gasteiger partial charge is 0.253 e. The number of morpholine rings is 1. The van der Waals surface area contributed by atoms with E-state index in [0.717, 1.165) is 29.8 Å². The van der Waals surface area contributed by atoms with Crippen molar-refractivity contribution in [2.24, 2.45) is 0 Å². The molecule has 0 unspecified atom stereocenters. The van der Waals surface area contributed by atoms with Gasteiger partial charge in [-0.2, -0.15) is 0 Å². The van der Waals surface area contributed by atoms with E-state index in [9.17, 15) is 14.0 Å². The Balaban J connectivity index is 1.63. The molecule has 5 rings (SSSR count). The van der Waals surface area contributed by atoms with Gasteiger partial charge in [0.05, 0.1) is 18.6 Å². The van der Waals surface area contributed by atoms with Gasteiger partial charge < -0.3 is 23.9 Å². The molecular weight excluding hydrogens is 425 g/mol. The van der Waals surface area contributed by atoms with Gasteiger partial charge in [0.15, 0.2) is 11.3 Å². The van der Waals surface area contributed by atoms with E-state index in [1.54, 1.807) is 26.2 Å². The summed E-state index contributed by atoms with van der Waals surface area (Å²) in [6.07, 6.45) is 0.812. The second-order valence-electron chi connectivity index (χ2n) is 8.70. The number of amides is 1. The summed E-state index contributed by atoms with van der Waals surface area (Å²) in [6, 6.07) is 9.70. The highest BCUT2D eigenvalue weighted by atomic mass is 19.1. The van der Waals surface area contributed by atoms with Gasteiger partial charge in [0.1, 0.15) is 11.4 Å². The summed E-state index contributed by atoms with van der Waals surface area (Å²) in [4.78, 5) is 31.4. The van der Waals surface area contributed by atoms with E-state index in [2.05, 4.69) is 4.90 Å². The molecule has 7 nitrogen and oxygen atoms in total. The Morgan fingerprint density at radius 3 is 2.64 bits per heavy atom. The summed E-state index contributed by atoms with van der Waals surface area (Å²) >= 11 is 0. The van der Waals surface area contributed by atoms with Crippen molar-refractivity contribution in [3.8, 4) is 0 Å². The van der Waals surface area contributed by atoms with Gasteiger partial charge in [-0.05, 0) is 36.2 Å². The van der Waals surface area contributed by atoms with E-state index in [-0.39, 0.29) is 17.2 Å². The summed E-state index contributed by atoms with van der Waals surface area (Å²) in [5.41, 5.74) is 3.33. The van der Waals surface area contributed by atoms with Crippen LogP contribution in [0.2, 0.25) is 0 Å². The van der Waals surface area contributed by atoms with Gasteiger partial charge in [0.25, 0.3) is 5.91 Å². The summed E-state index contributed by atoms with van der Waals surface area (Å²) in [5.74, 6) is 0.0162. The number of benzene rings is 2. The third-order valence-corrected chi connectivity index (χ3v) is 6.27. The second-order valence-corrected chi connectivity index (χ2v) is 8.70. The molecule has 3 heterocycles. The number of carbonyl (C=O) groups is 1. The lowest BCUT2D eigenvalue weighted by atomic mass is 10.0. The maximum Gasteiger partial charge on any atom is 0.253 e. The molecule has 0 atom stereocenters. The van der Waals surface area contributed by atoms with Crippen LogP contribution in [0.5, 0.6) is 0 Å². The molecule has 0 saturated carbocycles. The molecule has 0 N–H and O–H groups in total. The van der Waals surface area contributed by atoms with Gasteiger partial charge in [-0.3, -0.25) is 9.59 Å². The first-order chi connectivity index (χ1) is 15.9. The molecule has 0 aliphatic carbocycles. The predicted molar refractivity (Wildman–Crippen MR) is 125 cm³/mol. The molecular formula is C25H26FN3O4. The maximum absolute atomic E-state index is 13.9. The fourth-order valence-corrected chi connectivity index (χ4v) is 4.54. The van der Waals surface area contributed by atoms with Crippen LogP contribution in [0.1, 0.15) is 21.5 Å². The zero-order chi connectivity index (χ0) is 23.1. The summed E-state index contributed by atoms with van der Waals surface area (Å²) < 4.78 is 25.6. The van der Waals surface area contributed by atoms with Crippen molar-refractivity contribution in [2.75, 3.05) is 56.7 Å². The molecule has 2 aliphatic rings. The minimum absolute atomic E-state index is 0.192. The molecule has 1 aromatic heterocycles. The topological polar surface area (TPSA) is 66.2 Å². The van der Waals surface area contributed by atoms with Crippen LogP contribution in [-0.4, -0.2) is 57.8 Å². The minimum atomic E-state index is -0.289. The number of ether oxygens (including phenoxy) is 1. The zero-order valence-electron chi connectivity index (χ0n) is 18.8. The molecule has 1 saturated heterocycles. The van der Waals surface area contributed by atoms with Crippen LogP contribution < -0.4 is 15.2 Å². The largest absolute Gasteiger partial charge is 0.440 e. The van der Waals surface area contributed by atoms with Gasteiger partial charge in [-0.25, -0.2) is 4.39 Å². The molecule has 1 fully saturated rings. The third kappa shape index (κ3) is 4.06. The summed E-state index contributed by atoms with van der Waals surface area (Å²) in [6.45, 7) is 3.54. The monoisotopic (exact) mass is 451 g/mol. The summed E-state index contributed by atoms with van der Waals surface area (Å²) in [5, 5.41) is 0.369. The molecule has 3 aromatic rings. The second kappa shape index (κ2) is 8.51. The molecule has 2 aliphatic heterocycles.